The van der Waals surface area contributed by atoms with Crippen LogP contribution in [0.3, 0.4) is 0 Å². The third-order valence-electron chi connectivity index (χ3n) is 3.08. The van der Waals surface area contributed by atoms with Crippen LogP contribution in [0.1, 0.15) is 34.1 Å². The van der Waals surface area contributed by atoms with Gasteiger partial charge in [0.25, 0.3) is 0 Å². The lowest BCUT2D eigenvalue weighted by atomic mass is 9.85. The van der Waals surface area contributed by atoms with E-state index in [0.29, 0.717) is 13.2 Å². The van der Waals surface area contributed by atoms with Crippen LogP contribution >= 0.6 is 0 Å². The molecule has 0 unspecified atom stereocenters. The smallest absolute Gasteiger partial charge is 0.407 e. The summed E-state index contributed by atoms with van der Waals surface area (Å²) in [7, 11) is 0. The van der Waals surface area contributed by atoms with Crippen LogP contribution in [0.5, 0.6) is 0 Å². The summed E-state index contributed by atoms with van der Waals surface area (Å²) in [6, 6.07) is 0. The lowest BCUT2D eigenvalue weighted by Crippen LogP contribution is -2.46. The maximum absolute atomic E-state index is 11.4. The average Bonchev–Trinajstić information content (AvgIpc) is 2.39. The van der Waals surface area contributed by atoms with E-state index >= 15 is 0 Å². The summed E-state index contributed by atoms with van der Waals surface area (Å²) in [5, 5.41) is 9.36. The fourth-order valence-corrected chi connectivity index (χ4v) is 1.71. The molecular formula is C13H29N3O2. The zero-order valence-electron chi connectivity index (χ0n) is 12.3. The van der Waals surface area contributed by atoms with Crippen molar-refractivity contribution in [1.82, 2.24) is 16.0 Å². The molecule has 0 atom stereocenters. The number of hydrogen-bond donors (Lipinski definition) is 3. The Kier molecular flexibility index (Phi) is 9.69. The number of amides is 1. The van der Waals surface area contributed by atoms with Crippen molar-refractivity contribution in [3.05, 3.63) is 0 Å². The van der Waals surface area contributed by atoms with E-state index in [1.54, 1.807) is 0 Å². The molecular weight excluding hydrogens is 230 g/mol. The summed E-state index contributed by atoms with van der Waals surface area (Å²) in [6.07, 6.45) is 0.634. The molecule has 0 spiro atoms. The fraction of sp³-hybridized carbons (Fsp3) is 0.923. The van der Waals surface area contributed by atoms with E-state index in [1.165, 1.54) is 0 Å². The molecule has 0 aromatic rings. The first-order chi connectivity index (χ1) is 8.64. The highest BCUT2D eigenvalue weighted by atomic mass is 16.5. The minimum atomic E-state index is -0.330. The zero-order chi connectivity index (χ0) is 13.9. The molecule has 0 aromatic heterocycles. The monoisotopic (exact) mass is 259 g/mol. The molecule has 1 amide bonds. The van der Waals surface area contributed by atoms with E-state index in [-0.39, 0.29) is 11.5 Å². The standard InChI is InChI=1S/C13H29N3O2/c1-5-13(9-14-6-2,10-15-7-3)11-18-12(17)16-8-4/h14-15H,5-11H2,1-4H3,(H,16,17). The van der Waals surface area contributed by atoms with E-state index in [0.717, 1.165) is 32.6 Å². The SMILES string of the molecule is CCNCC(CC)(CNCC)COC(=O)NCC. The van der Waals surface area contributed by atoms with Gasteiger partial charge < -0.3 is 20.7 Å². The Morgan fingerprint density at radius 2 is 1.56 bits per heavy atom. The van der Waals surface area contributed by atoms with Gasteiger partial charge in [0.2, 0.25) is 0 Å². The summed E-state index contributed by atoms with van der Waals surface area (Å²) >= 11 is 0. The summed E-state index contributed by atoms with van der Waals surface area (Å²) < 4.78 is 5.30. The third kappa shape index (κ3) is 6.81. The molecule has 0 aliphatic carbocycles. The van der Waals surface area contributed by atoms with Gasteiger partial charge in [-0.15, -0.1) is 0 Å². The number of ether oxygens (including phenoxy) is 1. The van der Waals surface area contributed by atoms with Crippen LogP contribution in [0.15, 0.2) is 0 Å². The van der Waals surface area contributed by atoms with E-state index in [1.807, 2.05) is 6.92 Å². The maximum atomic E-state index is 11.4. The first-order valence-electron chi connectivity index (χ1n) is 6.96. The largest absolute Gasteiger partial charge is 0.449 e. The highest BCUT2D eigenvalue weighted by Crippen LogP contribution is 2.20. The van der Waals surface area contributed by atoms with Gasteiger partial charge in [0.15, 0.2) is 0 Å². The van der Waals surface area contributed by atoms with Gasteiger partial charge in [0, 0.05) is 25.0 Å². The second-order valence-corrected chi connectivity index (χ2v) is 4.52. The Hall–Kier alpha value is -0.810. The Morgan fingerprint density at radius 3 is 1.94 bits per heavy atom. The quantitative estimate of drug-likeness (QED) is 0.554. The topological polar surface area (TPSA) is 62.4 Å². The van der Waals surface area contributed by atoms with Gasteiger partial charge in [-0.05, 0) is 26.4 Å². The highest BCUT2D eigenvalue weighted by Gasteiger charge is 2.29. The van der Waals surface area contributed by atoms with Crippen molar-refractivity contribution >= 4 is 6.09 Å². The van der Waals surface area contributed by atoms with Crippen LogP contribution in [-0.4, -0.2) is 45.4 Å². The van der Waals surface area contributed by atoms with Crippen molar-refractivity contribution in [1.29, 1.82) is 0 Å². The number of carbonyl (C=O) groups is 1. The van der Waals surface area contributed by atoms with Crippen LogP contribution in [0.25, 0.3) is 0 Å². The molecule has 5 nitrogen and oxygen atoms in total. The molecule has 0 heterocycles. The van der Waals surface area contributed by atoms with Crippen molar-refractivity contribution in [2.75, 3.05) is 39.3 Å². The lowest BCUT2D eigenvalue weighted by Gasteiger charge is -2.32. The van der Waals surface area contributed by atoms with E-state index in [9.17, 15) is 4.79 Å². The minimum Gasteiger partial charge on any atom is -0.449 e. The van der Waals surface area contributed by atoms with Crippen molar-refractivity contribution in [2.45, 2.75) is 34.1 Å². The van der Waals surface area contributed by atoms with Crippen molar-refractivity contribution < 1.29 is 9.53 Å². The molecule has 3 N–H and O–H groups in total. The van der Waals surface area contributed by atoms with Gasteiger partial charge in [-0.3, -0.25) is 0 Å². The first kappa shape index (κ1) is 17.2. The molecule has 0 saturated heterocycles. The lowest BCUT2D eigenvalue weighted by molar-refractivity contribution is 0.0777. The predicted octanol–water partition coefficient (Wildman–Crippen LogP) is 1.35. The molecule has 0 saturated carbocycles. The second-order valence-electron chi connectivity index (χ2n) is 4.52. The maximum Gasteiger partial charge on any atom is 0.407 e. The van der Waals surface area contributed by atoms with Crippen molar-refractivity contribution in [3.63, 3.8) is 0 Å². The number of alkyl carbamates (subject to hydrolysis) is 1. The first-order valence-corrected chi connectivity index (χ1v) is 6.96. The normalized spacial score (nSPS) is 11.3. The molecule has 0 rings (SSSR count). The Balaban J connectivity index is 4.36. The summed E-state index contributed by atoms with van der Waals surface area (Å²) in [4.78, 5) is 11.4. The van der Waals surface area contributed by atoms with Crippen LogP contribution < -0.4 is 16.0 Å². The van der Waals surface area contributed by atoms with E-state index < -0.39 is 0 Å². The van der Waals surface area contributed by atoms with Gasteiger partial charge in [-0.1, -0.05) is 20.8 Å². The molecule has 0 radical (unpaired) electrons. The van der Waals surface area contributed by atoms with Crippen molar-refractivity contribution in [2.24, 2.45) is 5.41 Å². The Labute approximate surface area is 111 Å². The minimum absolute atomic E-state index is 0.0307. The molecule has 0 aliphatic heterocycles. The highest BCUT2D eigenvalue weighted by molar-refractivity contribution is 5.67. The van der Waals surface area contributed by atoms with Crippen LogP contribution in [0.4, 0.5) is 4.79 Å². The summed E-state index contributed by atoms with van der Waals surface area (Å²) in [5.41, 5.74) is -0.0307. The van der Waals surface area contributed by atoms with Crippen LogP contribution in [-0.2, 0) is 4.74 Å². The van der Waals surface area contributed by atoms with Crippen molar-refractivity contribution in [3.8, 4) is 0 Å². The van der Waals surface area contributed by atoms with Gasteiger partial charge in [-0.2, -0.15) is 0 Å². The van der Waals surface area contributed by atoms with Gasteiger partial charge >= 0.3 is 6.09 Å². The van der Waals surface area contributed by atoms with E-state index in [2.05, 4.69) is 36.7 Å². The molecule has 108 valence electrons. The van der Waals surface area contributed by atoms with Gasteiger partial charge in [0.05, 0.1) is 0 Å². The number of nitrogens with one attached hydrogen (secondary N) is 3. The number of hydrogen-bond acceptors (Lipinski definition) is 4. The number of carbonyl (C=O) groups excluding carboxylic acids is 1. The molecule has 0 aromatic carbocycles. The van der Waals surface area contributed by atoms with Crippen LogP contribution in [0.2, 0.25) is 0 Å². The van der Waals surface area contributed by atoms with Gasteiger partial charge in [-0.25, -0.2) is 4.79 Å². The molecule has 5 heteroatoms. The second kappa shape index (κ2) is 10.1. The summed E-state index contributed by atoms with van der Waals surface area (Å²) in [5.74, 6) is 0. The third-order valence-corrected chi connectivity index (χ3v) is 3.08. The molecule has 18 heavy (non-hydrogen) atoms. The van der Waals surface area contributed by atoms with Crippen LogP contribution in [0, 0.1) is 5.41 Å². The number of rotatable bonds is 10. The predicted molar refractivity (Wildman–Crippen MR) is 74.8 cm³/mol. The summed E-state index contributed by atoms with van der Waals surface area (Å²) in [6.45, 7) is 12.8. The fourth-order valence-electron chi connectivity index (χ4n) is 1.71. The Bertz CT molecular complexity index is 214. The van der Waals surface area contributed by atoms with E-state index in [4.69, 9.17) is 4.74 Å². The molecule has 0 aliphatic rings. The molecule has 0 fully saturated rings. The zero-order valence-corrected chi connectivity index (χ0v) is 12.3. The van der Waals surface area contributed by atoms with Gasteiger partial charge in [0.1, 0.15) is 6.61 Å². The molecule has 0 bridgehead atoms. The average molecular weight is 259 g/mol. The Morgan fingerprint density at radius 1 is 1.00 bits per heavy atom.